The van der Waals surface area contributed by atoms with Crippen LogP contribution in [0.2, 0.25) is 0 Å². The molecule has 12 nitrogen and oxygen atoms in total. The summed E-state index contributed by atoms with van der Waals surface area (Å²) >= 11 is 1.12. The summed E-state index contributed by atoms with van der Waals surface area (Å²) in [5, 5.41) is 7.11. The summed E-state index contributed by atoms with van der Waals surface area (Å²) in [6.07, 6.45) is 3.20. The van der Waals surface area contributed by atoms with Crippen molar-refractivity contribution < 1.29 is 23.0 Å². The fraction of sp³-hybridized carbons (Fsp3) is 0.229. The van der Waals surface area contributed by atoms with Crippen molar-refractivity contribution in [3.8, 4) is 11.4 Å². The zero-order chi connectivity index (χ0) is 34.4. The topological polar surface area (TPSA) is 142 Å². The van der Waals surface area contributed by atoms with E-state index in [2.05, 4.69) is 25.3 Å². The smallest absolute Gasteiger partial charge is 0.298 e. The minimum atomic E-state index is -1.15. The fourth-order valence-corrected chi connectivity index (χ4v) is 7.66. The van der Waals surface area contributed by atoms with E-state index < -0.39 is 22.8 Å². The van der Waals surface area contributed by atoms with E-state index in [1.54, 1.807) is 12.1 Å². The maximum Gasteiger partial charge on any atom is 0.298 e. The third-order valence-corrected chi connectivity index (χ3v) is 10.0. The molecule has 1 fully saturated rings. The molecule has 50 heavy (non-hydrogen) atoms. The van der Waals surface area contributed by atoms with E-state index in [0.29, 0.717) is 46.2 Å². The van der Waals surface area contributed by atoms with E-state index >= 15 is 4.39 Å². The Morgan fingerprint density at radius 1 is 1.08 bits per heavy atom. The van der Waals surface area contributed by atoms with Crippen molar-refractivity contribution in [2.45, 2.75) is 18.6 Å². The van der Waals surface area contributed by atoms with Crippen LogP contribution in [-0.2, 0) is 16.9 Å². The average Bonchev–Trinajstić information content (AvgIpc) is 3.89. The lowest BCUT2D eigenvalue weighted by Gasteiger charge is -2.31. The summed E-state index contributed by atoms with van der Waals surface area (Å²) in [7, 11) is 0. The summed E-state index contributed by atoms with van der Waals surface area (Å²) in [5.41, 5.74) is 7.41. The van der Waals surface area contributed by atoms with E-state index in [0.717, 1.165) is 28.8 Å². The van der Waals surface area contributed by atoms with E-state index in [1.165, 1.54) is 34.0 Å². The number of fused-ring (bicyclic) bond motifs is 2. The number of anilines is 3. The summed E-state index contributed by atoms with van der Waals surface area (Å²) in [6.45, 7) is 1.72. The number of nitrogen functional groups attached to an aromatic ring is 1. The first kappa shape index (κ1) is 31.6. The SMILES string of the molecule is Nc1nc2sc(C(=O)NCC3CO[C@@](Cn4cncn4)(c4ccc(F)cc4F)C3)cc2n(-c2ccc3c(c2)N(c2ccccc2)CCO3)c1=O. The second-order valence-corrected chi connectivity index (χ2v) is 13.3. The predicted molar refractivity (Wildman–Crippen MR) is 183 cm³/mol. The number of carbonyl (C=O) groups is 1. The van der Waals surface area contributed by atoms with E-state index in [4.69, 9.17) is 15.2 Å². The van der Waals surface area contributed by atoms with E-state index in [1.807, 2.05) is 42.5 Å². The largest absolute Gasteiger partial charge is 0.490 e. The summed E-state index contributed by atoms with van der Waals surface area (Å²) < 4.78 is 44.0. The van der Waals surface area contributed by atoms with Gasteiger partial charge >= 0.3 is 0 Å². The third kappa shape index (κ3) is 5.73. The zero-order valence-corrected chi connectivity index (χ0v) is 27.3. The molecule has 2 atom stereocenters. The number of thiophene rings is 1. The quantitative estimate of drug-likeness (QED) is 0.230. The highest BCUT2D eigenvalue weighted by atomic mass is 32.1. The molecular formula is C35H30F2N8O4S. The molecule has 0 bridgehead atoms. The molecular weight excluding hydrogens is 666 g/mol. The monoisotopic (exact) mass is 696 g/mol. The van der Waals surface area contributed by atoms with Gasteiger partial charge in [0.2, 0.25) is 0 Å². The number of aromatic nitrogens is 5. The molecule has 0 spiro atoms. The van der Waals surface area contributed by atoms with Gasteiger partial charge in [-0.05, 0) is 48.9 Å². The molecule has 1 unspecified atom stereocenters. The summed E-state index contributed by atoms with van der Waals surface area (Å²) in [6, 6.07) is 20.4. The Bertz CT molecular complexity index is 2280. The van der Waals surface area contributed by atoms with Crippen molar-refractivity contribution in [3.63, 3.8) is 0 Å². The van der Waals surface area contributed by atoms with E-state index in [9.17, 15) is 14.0 Å². The van der Waals surface area contributed by atoms with Crippen molar-refractivity contribution in [2.75, 3.05) is 36.9 Å². The number of hydrogen-bond donors (Lipinski definition) is 2. The number of hydrogen-bond acceptors (Lipinski definition) is 10. The maximum absolute atomic E-state index is 15.1. The second kappa shape index (κ2) is 12.7. The van der Waals surface area contributed by atoms with Crippen molar-refractivity contribution in [1.82, 2.24) is 29.6 Å². The highest BCUT2D eigenvalue weighted by Gasteiger charge is 2.44. The number of nitrogens with zero attached hydrogens (tertiary/aromatic N) is 6. The molecule has 0 saturated carbocycles. The van der Waals surface area contributed by atoms with Crippen molar-refractivity contribution in [1.29, 1.82) is 0 Å². The molecule has 0 aliphatic carbocycles. The Morgan fingerprint density at radius 2 is 1.94 bits per heavy atom. The van der Waals surface area contributed by atoms with Gasteiger partial charge in [-0.1, -0.05) is 24.3 Å². The molecule has 254 valence electrons. The number of para-hydroxylation sites is 1. The Labute approximate surface area is 287 Å². The molecule has 1 saturated heterocycles. The van der Waals surface area contributed by atoms with Gasteiger partial charge in [0, 0.05) is 29.8 Å². The van der Waals surface area contributed by atoms with Gasteiger partial charge in [-0.25, -0.2) is 23.4 Å². The van der Waals surface area contributed by atoms with Crippen LogP contribution >= 0.6 is 11.3 Å². The molecule has 0 radical (unpaired) electrons. The van der Waals surface area contributed by atoms with Crippen LogP contribution in [0.4, 0.5) is 26.0 Å². The predicted octanol–water partition coefficient (Wildman–Crippen LogP) is 4.79. The Hall–Kier alpha value is -5.67. The Kier molecular flexibility index (Phi) is 7.99. The van der Waals surface area contributed by atoms with Gasteiger partial charge < -0.3 is 25.4 Å². The standard InChI is InChI=1S/C35H30F2N8O4S/c36-22-6-8-25(26(37)12-22)35(18-43-20-39-19-41-43)15-21(17-49-35)16-40-32(46)30-14-28-33(50-30)42-31(38)34(47)45(28)24-7-9-29-27(13-24)44(10-11-48-29)23-4-2-1-3-5-23/h1-9,12-14,19-21H,10-11,15-18H2,(H2,38,42)(H,40,46)/t21?,35-/m0/s1. The molecule has 2 aliphatic heterocycles. The molecule has 15 heteroatoms. The number of rotatable bonds is 8. The number of benzene rings is 3. The third-order valence-electron chi connectivity index (χ3n) is 9.01. The molecule has 2 aliphatic rings. The molecule has 3 N–H and O–H groups in total. The van der Waals surface area contributed by atoms with Gasteiger partial charge in [-0.15, -0.1) is 11.3 Å². The van der Waals surface area contributed by atoms with Crippen LogP contribution in [0.15, 0.2) is 90.2 Å². The summed E-state index contributed by atoms with van der Waals surface area (Å²) in [5.74, 6) is -1.50. The van der Waals surface area contributed by atoms with Gasteiger partial charge in [-0.2, -0.15) is 5.10 Å². The van der Waals surface area contributed by atoms with Crippen LogP contribution in [0.5, 0.6) is 5.75 Å². The lowest BCUT2D eigenvalue weighted by Crippen LogP contribution is -2.34. The highest BCUT2D eigenvalue weighted by molar-refractivity contribution is 7.20. The average molecular weight is 697 g/mol. The van der Waals surface area contributed by atoms with E-state index in [-0.39, 0.29) is 42.9 Å². The number of nitrogens with one attached hydrogen (secondary N) is 1. The van der Waals surface area contributed by atoms with Crippen LogP contribution in [-0.4, -0.2) is 56.5 Å². The summed E-state index contributed by atoms with van der Waals surface area (Å²) in [4.78, 5) is 38.2. The second-order valence-electron chi connectivity index (χ2n) is 12.2. The van der Waals surface area contributed by atoms with Crippen LogP contribution in [0, 0.1) is 17.6 Å². The number of carbonyl (C=O) groups excluding carboxylic acids is 1. The van der Waals surface area contributed by atoms with Crippen molar-refractivity contribution in [2.24, 2.45) is 5.92 Å². The van der Waals surface area contributed by atoms with Gasteiger partial charge in [-0.3, -0.25) is 14.2 Å². The number of nitrogens with two attached hydrogens (primary N) is 1. The molecule has 3 aromatic heterocycles. The van der Waals surface area contributed by atoms with Crippen LogP contribution in [0.25, 0.3) is 16.0 Å². The van der Waals surface area contributed by atoms with Crippen molar-refractivity contribution >= 4 is 44.8 Å². The highest BCUT2D eigenvalue weighted by Crippen LogP contribution is 2.42. The first-order chi connectivity index (χ1) is 24.3. The maximum atomic E-state index is 15.1. The lowest BCUT2D eigenvalue weighted by molar-refractivity contribution is -0.0203. The fourth-order valence-electron chi connectivity index (χ4n) is 6.72. The molecule has 3 aromatic carbocycles. The zero-order valence-electron chi connectivity index (χ0n) is 26.5. The number of amides is 1. The van der Waals surface area contributed by atoms with Gasteiger partial charge in [0.15, 0.2) is 5.82 Å². The van der Waals surface area contributed by atoms with Crippen LogP contribution < -0.4 is 26.2 Å². The normalized spacial score (nSPS) is 18.6. The Balaban J connectivity index is 1.05. The van der Waals surface area contributed by atoms with Gasteiger partial charge in [0.1, 0.15) is 47.1 Å². The van der Waals surface area contributed by atoms with Crippen molar-refractivity contribution in [3.05, 3.63) is 118 Å². The van der Waals surface area contributed by atoms with Crippen LogP contribution in [0.1, 0.15) is 21.7 Å². The molecule has 5 heterocycles. The first-order valence-electron chi connectivity index (χ1n) is 15.9. The molecule has 6 aromatic rings. The van der Waals surface area contributed by atoms with Gasteiger partial charge in [0.25, 0.3) is 11.5 Å². The first-order valence-corrected chi connectivity index (χ1v) is 16.7. The minimum absolute atomic E-state index is 0.152. The van der Waals surface area contributed by atoms with Gasteiger partial charge in [0.05, 0.1) is 41.5 Å². The number of ether oxygens (including phenoxy) is 2. The minimum Gasteiger partial charge on any atom is -0.490 e. The number of halogens is 2. The molecule has 1 amide bonds. The van der Waals surface area contributed by atoms with Crippen LogP contribution in [0.3, 0.4) is 0 Å². The lowest BCUT2D eigenvalue weighted by atomic mass is 9.86. The molecule has 8 rings (SSSR count). The Morgan fingerprint density at radius 3 is 2.74 bits per heavy atom.